The van der Waals surface area contributed by atoms with Gasteiger partial charge in [-0.05, 0) is 38.3 Å². The molecule has 0 amide bonds. The number of nitrogens with zero attached hydrogens (tertiary/aromatic N) is 5. The number of likely N-dealkylation sites (tertiary alicyclic amines) is 1. The Bertz CT molecular complexity index is 698. The van der Waals surface area contributed by atoms with Crippen molar-refractivity contribution in [3.8, 4) is 5.88 Å². The fourth-order valence-electron chi connectivity index (χ4n) is 3.92. The Morgan fingerprint density at radius 3 is 2.96 bits per heavy atom. The molecule has 0 bridgehead atoms. The van der Waals surface area contributed by atoms with Gasteiger partial charge in [0, 0.05) is 25.6 Å². The summed E-state index contributed by atoms with van der Waals surface area (Å²) in [6, 6.07) is 6.34. The summed E-state index contributed by atoms with van der Waals surface area (Å²) in [4.78, 5) is 7.09. The zero-order chi connectivity index (χ0) is 16.4. The summed E-state index contributed by atoms with van der Waals surface area (Å²) in [6.07, 6.45) is 7.19. The van der Waals surface area contributed by atoms with E-state index in [2.05, 4.69) is 30.7 Å². The van der Waals surface area contributed by atoms with Crippen molar-refractivity contribution >= 4 is 0 Å². The van der Waals surface area contributed by atoms with E-state index in [4.69, 9.17) is 4.74 Å². The summed E-state index contributed by atoms with van der Waals surface area (Å²) < 4.78 is 7.63. The predicted octanol–water partition coefficient (Wildman–Crippen LogP) is 2.75. The zero-order valence-corrected chi connectivity index (χ0v) is 14.3. The van der Waals surface area contributed by atoms with Crippen LogP contribution >= 0.6 is 0 Å². The molecule has 2 aliphatic heterocycles. The Morgan fingerprint density at radius 2 is 2.04 bits per heavy atom. The Labute approximate surface area is 142 Å². The zero-order valence-electron chi connectivity index (χ0n) is 14.3. The van der Waals surface area contributed by atoms with Gasteiger partial charge in [0.2, 0.25) is 5.88 Å². The molecule has 0 aromatic carbocycles. The van der Waals surface area contributed by atoms with Crippen LogP contribution in [0.1, 0.15) is 55.5 Å². The molecule has 0 aliphatic carbocycles. The second kappa shape index (κ2) is 6.89. The first-order valence-corrected chi connectivity index (χ1v) is 9.01. The summed E-state index contributed by atoms with van der Waals surface area (Å²) in [7, 11) is 1.66. The molecule has 4 rings (SSSR count). The highest BCUT2D eigenvalue weighted by Crippen LogP contribution is 2.32. The fourth-order valence-corrected chi connectivity index (χ4v) is 3.92. The molecule has 2 aliphatic rings. The number of rotatable bonds is 4. The van der Waals surface area contributed by atoms with Crippen LogP contribution in [0.4, 0.5) is 0 Å². The Morgan fingerprint density at radius 1 is 1.12 bits per heavy atom. The summed E-state index contributed by atoms with van der Waals surface area (Å²) in [5, 5.41) is 9.02. The number of hydrogen-bond acceptors (Lipinski definition) is 5. The summed E-state index contributed by atoms with van der Waals surface area (Å²) in [5.41, 5.74) is 1.06. The van der Waals surface area contributed by atoms with Crippen molar-refractivity contribution in [1.29, 1.82) is 0 Å². The maximum Gasteiger partial charge on any atom is 0.213 e. The molecule has 1 fully saturated rings. The van der Waals surface area contributed by atoms with Crippen LogP contribution in [-0.4, -0.2) is 38.3 Å². The molecular weight excluding hydrogens is 302 g/mol. The average molecular weight is 327 g/mol. The lowest BCUT2D eigenvalue weighted by Crippen LogP contribution is -2.35. The van der Waals surface area contributed by atoms with Gasteiger partial charge in [0.1, 0.15) is 11.6 Å². The van der Waals surface area contributed by atoms with E-state index in [1.165, 1.54) is 31.5 Å². The van der Waals surface area contributed by atoms with Crippen molar-refractivity contribution in [2.24, 2.45) is 0 Å². The van der Waals surface area contributed by atoms with E-state index in [0.717, 1.165) is 44.0 Å². The molecule has 0 N–H and O–H groups in total. The molecule has 128 valence electrons. The van der Waals surface area contributed by atoms with Crippen LogP contribution in [0.15, 0.2) is 18.2 Å². The highest BCUT2D eigenvalue weighted by molar-refractivity contribution is 5.16. The molecular formula is C18H25N5O. The Kier molecular flexibility index (Phi) is 4.47. The standard InChI is InChI=1S/C18H25N5O/c1-24-17-10-6-7-14(19-17)13-22-11-4-2-8-15(22)18-21-20-16-9-3-5-12-23(16)18/h6-7,10,15H,2-5,8-9,11-13H2,1H3/t15-/m1/s1. The average Bonchev–Trinajstić information content (AvgIpc) is 3.06. The minimum Gasteiger partial charge on any atom is -0.481 e. The van der Waals surface area contributed by atoms with Crippen molar-refractivity contribution in [1.82, 2.24) is 24.6 Å². The molecule has 6 nitrogen and oxygen atoms in total. The molecule has 2 aromatic rings. The molecule has 0 radical (unpaired) electrons. The molecule has 1 saturated heterocycles. The van der Waals surface area contributed by atoms with Gasteiger partial charge in [0.25, 0.3) is 0 Å². The van der Waals surface area contributed by atoms with Crippen LogP contribution in [-0.2, 0) is 19.5 Å². The normalized spacial score (nSPS) is 21.5. The van der Waals surface area contributed by atoms with E-state index in [-0.39, 0.29) is 0 Å². The van der Waals surface area contributed by atoms with E-state index in [1.54, 1.807) is 7.11 Å². The minimum atomic E-state index is 0.353. The third-order valence-corrected chi connectivity index (χ3v) is 5.16. The summed E-state index contributed by atoms with van der Waals surface area (Å²) >= 11 is 0. The highest BCUT2D eigenvalue weighted by Gasteiger charge is 2.30. The van der Waals surface area contributed by atoms with Crippen LogP contribution < -0.4 is 4.74 Å². The minimum absolute atomic E-state index is 0.353. The summed E-state index contributed by atoms with van der Waals surface area (Å²) in [6.45, 7) is 3.00. The Hall–Kier alpha value is -1.95. The van der Waals surface area contributed by atoms with Gasteiger partial charge in [0.05, 0.1) is 18.8 Å². The van der Waals surface area contributed by atoms with Crippen molar-refractivity contribution in [3.63, 3.8) is 0 Å². The third-order valence-electron chi connectivity index (χ3n) is 5.16. The van der Waals surface area contributed by atoms with Gasteiger partial charge in [-0.15, -0.1) is 10.2 Å². The number of aryl methyl sites for hydroxylation is 1. The molecule has 0 spiro atoms. The molecule has 4 heterocycles. The second-order valence-corrected chi connectivity index (χ2v) is 6.74. The first-order chi connectivity index (χ1) is 11.8. The Balaban J connectivity index is 1.58. The van der Waals surface area contributed by atoms with Crippen molar-refractivity contribution in [3.05, 3.63) is 35.5 Å². The van der Waals surface area contributed by atoms with Crippen LogP contribution in [0, 0.1) is 0 Å². The smallest absolute Gasteiger partial charge is 0.213 e. The maximum atomic E-state index is 5.26. The molecule has 2 aromatic heterocycles. The molecule has 0 unspecified atom stereocenters. The lowest BCUT2D eigenvalue weighted by atomic mass is 10.0. The number of fused-ring (bicyclic) bond motifs is 1. The van der Waals surface area contributed by atoms with Crippen LogP contribution in [0.5, 0.6) is 5.88 Å². The van der Waals surface area contributed by atoms with Gasteiger partial charge in [-0.2, -0.15) is 0 Å². The number of piperidine rings is 1. The van der Waals surface area contributed by atoms with E-state index in [9.17, 15) is 0 Å². The fraction of sp³-hybridized carbons (Fsp3) is 0.611. The van der Waals surface area contributed by atoms with Gasteiger partial charge in [0.15, 0.2) is 0 Å². The number of aromatic nitrogens is 4. The third kappa shape index (κ3) is 3.02. The number of methoxy groups -OCH3 is 1. The van der Waals surface area contributed by atoms with E-state index in [0.29, 0.717) is 11.9 Å². The van der Waals surface area contributed by atoms with Crippen LogP contribution in [0.25, 0.3) is 0 Å². The van der Waals surface area contributed by atoms with Crippen molar-refractivity contribution in [2.45, 2.75) is 57.7 Å². The number of ether oxygens (including phenoxy) is 1. The molecule has 1 atom stereocenters. The largest absolute Gasteiger partial charge is 0.481 e. The van der Waals surface area contributed by atoms with Gasteiger partial charge < -0.3 is 9.30 Å². The molecule has 0 saturated carbocycles. The van der Waals surface area contributed by atoms with Crippen LogP contribution in [0.2, 0.25) is 0 Å². The molecule has 24 heavy (non-hydrogen) atoms. The van der Waals surface area contributed by atoms with E-state index < -0.39 is 0 Å². The monoisotopic (exact) mass is 327 g/mol. The van der Waals surface area contributed by atoms with Crippen molar-refractivity contribution < 1.29 is 4.74 Å². The van der Waals surface area contributed by atoms with Gasteiger partial charge in [-0.25, -0.2) is 4.98 Å². The highest BCUT2D eigenvalue weighted by atomic mass is 16.5. The maximum absolute atomic E-state index is 5.26. The topological polar surface area (TPSA) is 56.1 Å². The number of hydrogen-bond donors (Lipinski definition) is 0. The van der Waals surface area contributed by atoms with Gasteiger partial charge in [-0.3, -0.25) is 4.90 Å². The predicted molar refractivity (Wildman–Crippen MR) is 90.8 cm³/mol. The lowest BCUT2D eigenvalue weighted by Gasteiger charge is -2.35. The van der Waals surface area contributed by atoms with Crippen molar-refractivity contribution in [2.75, 3.05) is 13.7 Å². The summed E-state index contributed by atoms with van der Waals surface area (Å²) in [5.74, 6) is 3.01. The number of pyridine rings is 1. The first-order valence-electron chi connectivity index (χ1n) is 9.01. The molecule has 6 heteroatoms. The quantitative estimate of drug-likeness (QED) is 0.864. The van der Waals surface area contributed by atoms with E-state index in [1.807, 2.05) is 12.1 Å². The first kappa shape index (κ1) is 15.6. The van der Waals surface area contributed by atoms with Crippen LogP contribution in [0.3, 0.4) is 0 Å². The second-order valence-electron chi connectivity index (χ2n) is 6.74. The van der Waals surface area contributed by atoms with Gasteiger partial charge in [-0.1, -0.05) is 12.5 Å². The SMILES string of the molecule is COc1cccc(CN2CCCC[C@@H]2c2nnc3n2CCCC3)n1. The lowest BCUT2D eigenvalue weighted by molar-refractivity contribution is 0.128. The van der Waals surface area contributed by atoms with E-state index >= 15 is 0 Å². The van der Waals surface area contributed by atoms with Gasteiger partial charge >= 0.3 is 0 Å².